The monoisotopic (exact) mass is 480 g/mol. The third kappa shape index (κ3) is 5.35. The van der Waals surface area contributed by atoms with Crippen molar-refractivity contribution in [2.24, 2.45) is 0 Å². The highest BCUT2D eigenvalue weighted by Gasteiger charge is 2.24. The summed E-state index contributed by atoms with van der Waals surface area (Å²) in [4.78, 5) is 5.71. The predicted molar refractivity (Wildman–Crippen MR) is 123 cm³/mol. The Labute approximate surface area is 190 Å². The molecule has 1 aliphatic rings. The lowest BCUT2D eigenvalue weighted by atomic mass is 10.1. The molecule has 1 atom stereocenters. The molecule has 31 heavy (non-hydrogen) atoms. The van der Waals surface area contributed by atoms with Gasteiger partial charge in [0.25, 0.3) is 10.0 Å². The zero-order chi connectivity index (χ0) is 21.8. The molecule has 1 aliphatic heterocycles. The maximum absolute atomic E-state index is 14.9. The first kappa shape index (κ1) is 22.0. The third-order valence-corrected chi connectivity index (χ3v) is 7.42. The molecule has 1 fully saturated rings. The molecule has 1 saturated heterocycles. The SMILES string of the molecule is O=S(=O)(Nc1cscn1)c1cc(Cl)c(N[C@H](CN2CCCC2)c2ccccc2)cc1F. The minimum atomic E-state index is -4.15. The maximum atomic E-state index is 14.9. The minimum absolute atomic E-state index is 0.119. The second-order valence-electron chi connectivity index (χ2n) is 7.36. The standard InChI is InChI=1S/C21H22ClFN4O2S2/c22-16-10-20(31(28,29)26-21-13-30-14-24-21)17(23)11-18(16)25-19(12-27-8-4-5-9-27)15-6-2-1-3-7-15/h1-3,6-7,10-11,13-14,19,25-26H,4-5,8-9,12H2/t19-/m1/s1. The molecule has 0 bridgehead atoms. The Balaban J connectivity index is 1.60. The van der Waals surface area contributed by atoms with Gasteiger partial charge in [-0.25, -0.2) is 17.8 Å². The highest BCUT2D eigenvalue weighted by atomic mass is 35.5. The summed E-state index contributed by atoms with van der Waals surface area (Å²) in [5, 5.41) is 4.97. The van der Waals surface area contributed by atoms with E-state index in [2.05, 4.69) is 19.9 Å². The lowest BCUT2D eigenvalue weighted by Crippen LogP contribution is -2.29. The average molecular weight is 481 g/mol. The van der Waals surface area contributed by atoms with Crippen molar-refractivity contribution in [1.82, 2.24) is 9.88 Å². The van der Waals surface area contributed by atoms with E-state index in [9.17, 15) is 12.8 Å². The first-order valence-corrected chi connectivity index (χ1v) is 12.7. The fourth-order valence-corrected chi connectivity index (χ4v) is 5.56. The van der Waals surface area contributed by atoms with E-state index in [0.29, 0.717) is 5.69 Å². The van der Waals surface area contributed by atoms with Crippen molar-refractivity contribution in [3.63, 3.8) is 0 Å². The first-order valence-electron chi connectivity index (χ1n) is 9.86. The molecule has 0 amide bonds. The Morgan fingerprint density at radius 2 is 1.94 bits per heavy atom. The van der Waals surface area contributed by atoms with E-state index < -0.39 is 20.7 Å². The van der Waals surface area contributed by atoms with Crippen LogP contribution in [0.2, 0.25) is 5.02 Å². The number of nitrogens with zero attached hydrogens (tertiary/aromatic N) is 2. The Morgan fingerprint density at radius 3 is 2.61 bits per heavy atom. The van der Waals surface area contributed by atoms with Crippen LogP contribution in [-0.4, -0.2) is 37.9 Å². The van der Waals surface area contributed by atoms with Crippen LogP contribution >= 0.6 is 22.9 Å². The Hall–Kier alpha value is -2.20. The quantitative estimate of drug-likeness (QED) is 0.475. The van der Waals surface area contributed by atoms with Crippen molar-refractivity contribution in [3.05, 3.63) is 69.8 Å². The molecule has 0 aliphatic carbocycles. The Morgan fingerprint density at radius 1 is 1.19 bits per heavy atom. The first-order chi connectivity index (χ1) is 14.9. The Kier molecular flexibility index (Phi) is 6.76. The molecule has 2 heterocycles. The number of aromatic nitrogens is 1. The summed E-state index contributed by atoms with van der Waals surface area (Å²) >= 11 is 7.62. The zero-order valence-electron chi connectivity index (χ0n) is 16.6. The van der Waals surface area contributed by atoms with Crippen molar-refractivity contribution in [2.45, 2.75) is 23.8 Å². The number of hydrogen-bond acceptors (Lipinski definition) is 6. The van der Waals surface area contributed by atoms with Gasteiger partial charge in [-0.05, 0) is 43.6 Å². The van der Waals surface area contributed by atoms with Gasteiger partial charge in [0.15, 0.2) is 5.82 Å². The molecule has 3 aromatic rings. The zero-order valence-corrected chi connectivity index (χ0v) is 19.0. The van der Waals surface area contributed by atoms with E-state index in [1.54, 1.807) is 0 Å². The molecule has 10 heteroatoms. The van der Waals surface area contributed by atoms with Crippen molar-refractivity contribution in [2.75, 3.05) is 29.7 Å². The predicted octanol–water partition coefficient (Wildman–Crippen LogP) is 4.99. The molecule has 2 N–H and O–H groups in total. The van der Waals surface area contributed by atoms with E-state index in [4.69, 9.17) is 11.6 Å². The maximum Gasteiger partial charge on any atom is 0.266 e. The topological polar surface area (TPSA) is 74.3 Å². The second kappa shape index (κ2) is 9.52. The number of thiazole rings is 1. The van der Waals surface area contributed by atoms with E-state index in [0.717, 1.165) is 50.2 Å². The van der Waals surface area contributed by atoms with Gasteiger partial charge < -0.3 is 10.2 Å². The van der Waals surface area contributed by atoms with Gasteiger partial charge in [0, 0.05) is 11.9 Å². The third-order valence-electron chi connectivity index (χ3n) is 5.15. The second-order valence-corrected chi connectivity index (χ2v) is 10.1. The number of nitrogens with one attached hydrogen (secondary N) is 2. The molecule has 4 rings (SSSR count). The summed E-state index contributed by atoms with van der Waals surface area (Å²) in [5.41, 5.74) is 2.88. The van der Waals surface area contributed by atoms with E-state index >= 15 is 0 Å². The van der Waals surface area contributed by atoms with Crippen LogP contribution < -0.4 is 10.0 Å². The summed E-state index contributed by atoms with van der Waals surface area (Å²) in [7, 11) is -4.15. The summed E-state index contributed by atoms with van der Waals surface area (Å²) in [6, 6.07) is 12.0. The van der Waals surface area contributed by atoms with E-state index in [-0.39, 0.29) is 16.9 Å². The smallest absolute Gasteiger partial charge is 0.266 e. The molecule has 1 aromatic heterocycles. The molecule has 0 spiro atoms. The lowest BCUT2D eigenvalue weighted by Gasteiger charge is -2.26. The molecule has 6 nitrogen and oxygen atoms in total. The van der Waals surface area contributed by atoms with Gasteiger partial charge in [-0.3, -0.25) is 4.72 Å². The van der Waals surface area contributed by atoms with Gasteiger partial charge in [0.1, 0.15) is 10.7 Å². The minimum Gasteiger partial charge on any atom is -0.376 e. The molecule has 0 radical (unpaired) electrons. The summed E-state index contributed by atoms with van der Waals surface area (Å²) in [6.07, 6.45) is 2.32. The van der Waals surface area contributed by atoms with Crippen molar-refractivity contribution >= 4 is 44.5 Å². The van der Waals surface area contributed by atoms with Crippen LogP contribution in [0.25, 0.3) is 0 Å². The molecule has 0 unspecified atom stereocenters. The highest BCUT2D eigenvalue weighted by Crippen LogP contribution is 2.32. The fraction of sp³-hybridized carbons (Fsp3) is 0.286. The van der Waals surface area contributed by atoms with Crippen LogP contribution in [0, 0.1) is 5.82 Å². The van der Waals surface area contributed by atoms with Crippen LogP contribution in [0.1, 0.15) is 24.4 Å². The summed E-state index contributed by atoms with van der Waals surface area (Å²) in [6.45, 7) is 2.78. The number of sulfonamides is 1. The Bertz CT molecular complexity index is 1120. The van der Waals surface area contributed by atoms with Gasteiger partial charge in [-0.2, -0.15) is 0 Å². The average Bonchev–Trinajstić information content (AvgIpc) is 3.44. The molecule has 0 saturated carbocycles. The molecular formula is C21H22ClFN4O2S2. The molecular weight excluding hydrogens is 459 g/mol. The highest BCUT2D eigenvalue weighted by molar-refractivity contribution is 7.92. The fourth-order valence-electron chi connectivity index (χ4n) is 3.63. The van der Waals surface area contributed by atoms with Gasteiger partial charge >= 0.3 is 0 Å². The number of hydrogen-bond donors (Lipinski definition) is 2. The normalized spacial score (nSPS) is 15.7. The van der Waals surface area contributed by atoms with Gasteiger partial charge in [-0.1, -0.05) is 41.9 Å². The number of halogens is 2. The van der Waals surface area contributed by atoms with Crippen LogP contribution in [0.4, 0.5) is 15.9 Å². The van der Waals surface area contributed by atoms with E-state index in [1.807, 2.05) is 30.3 Å². The molecule has 164 valence electrons. The van der Waals surface area contributed by atoms with Crippen molar-refractivity contribution in [1.29, 1.82) is 0 Å². The van der Waals surface area contributed by atoms with Crippen LogP contribution in [0.15, 0.2) is 58.3 Å². The van der Waals surface area contributed by atoms with Gasteiger partial charge in [-0.15, -0.1) is 11.3 Å². The van der Waals surface area contributed by atoms with Crippen LogP contribution in [0.5, 0.6) is 0 Å². The van der Waals surface area contributed by atoms with Crippen molar-refractivity contribution in [3.8, 4) is 0 Å². The van der Waals surface area contributed by atoms with Crippen LogP contribution in [0.3, 0.4) is 0 Å². The van der Waals surface area contributed by atoms with Crippen LogP contribution in [-0.2, 0) is 10.0 Å². The summed E-state index contributed by atoms with van der Waals surface area (Å²) < 4.78 is 42.3. The number of rotatable bonds is 8. The van der Waals surface area contributed by atoms with E-state index in [1.165, 1.54) is 22.2 Å². The largest absolute Gasteiger partial charge is 0.376 e. The number of anilines is 2. The van der Waals surface area contributed by atoms with Gasteiger partial charge in [0.05, 0.1) is 22.3 Å². The van der Waals surface area contributed by atoms with Crippen molar-refractivity contribution < 1.29 is 12.8 Å². The van der Waals surface area contributed by atoms with Gasteiger partial charge in [0.2, 0.25) is 0 Å². The number of likely N-dealkylation sites (tertiary alicyclic amines) is 1. The summed E-state index contributed by atoms with van der Waals surface area (Å²) in [5.74, 6) is -0.750. The lowest BCUT2D eigenvalue weighted by molar-refractivity contribution is 0.323. The molecule has 2 aromatic carbocycles. The number of benzene rings is 2.